The lowest BCUT2D eigenvalue weighted by molar-refractivity contribution is -0.148. The van der Waals surface area contributed by atoms with Gasteiger partial charge in [0.15, 0.2) is 0 Å². The second-order valence-electron chi connectivity index (χ2n) is 4.07. The Labute approximate surface area is 87.3 Å². The Hall–Kier alpha value is -1.36. The van der Waals surface area contributed by atoms with E-state index in [9.17, 15) is 9.59 Å². The molecule has 2 heterocycles. The minimum Gasteiger partial charge on any atom is -0.481 e. The molecule has 5 heteroatoms. The minimum absolute atomic E-state index is 0.181. The number of carbonyl (C=O) groups is 2. The van der Waals surface area contributed by atoms with Crippen LogP contribution >= 0.6 is 0 Å². The number of carboxylic acid groups (broad SMARTS) is 1. The van der Waals surface area contributed by atoms with Crippen molar-refractivity contribution in [3.8, 4) is 0 Å². The highest BCUT2D eigenvalue weighted by Crippen LogP contribution is 2.39. The Kier molecular flexibility index (Phi) is 2.26. The van der Waals surface area contributed by atoms with Gasteiger partial charge in [0.25, 0.3) is 0 Å². The van der Waals surface area contributed by atoms with Crippen molar-refractivity contribution in [2.75, 3.05) is 14.1 Å². The van der Waals surface area contributed by atoms with Gasteiger partial charge in [-0.2, -0.15) is 0 Å². The van der Waals surface area contributed by atoms with Gasteiger partial charge in [-0.1, -0.05) is 12.2 Å². The number of carbonyl (C=O) groups excluding carboxylic acids is 1. The number of nitrogens with zero attached hydrogens (tertiary/aromatic N) is 1. The molecule has 1 fully saturated rings. The first kappa shape index (κ1) is 10.2. The SMILES string of the molecule is CN(C)C(=O)[C@H]1[C@@H](C(=O)O)[C@H]2C=C[C@H]1O2. The first-order chi connectivity index (χ1) is 7.02. The van der Waals surface area contributed by atoms with Gasteiger partial charge >= 0.3 is 5.97 Å². The maximum Gasteiger partial charge on any atom is 0.310 e. The van der Waals surface area contributed by atoms with Gasteiger partial charge in [0.05, 0.1) is 18.1 Å². The van der Waals surface area contributed by atoms with Crippen LogP contribution in [0.2, 0.25) is 0 Å². The molecule has 1 saturated heterocycles. The van der Waals surface area contributed by atoms with E-state index in [0.717, 1.165) is 0 Å². The molecule has 5 nitrogen and oxygen atoms in total. The summed E-state index contributed by atoms with van der Waals surface area (Å²) in [6, 6.07) is 0. The number of fused-ring (bicyclic) bond motifs is 2. The molecule has 0 aromatic rings. The Bertz CT molecular complexity index is 336. The highest BCUT2D eigenvalue weighted by atomic mass is 16.5. The van der Waals surface area contributed by atoms with Gasteiger partial charge in [-0.25, -0.2) is 0 Å². The zero-order valence-corrected chi connectivity index (χ0v) is 8.58. The lowest BCUT2D eigenvalue weighted by Crippen LogP contribution is -2.41. The van der Waals surface area contributed by atoms with E-state index in [4.69, 9.17) is 9.84 Å². The molecule has 0 aromatic carbocycles. The Balaban J connectivity index is 2.27. The van der Waals surface area contributed by atoms with Crippen LogP contribution in [0.3, 0.4) is 0 Å². The fraction of sp³-hybridized carbons (Fsp3) is 0.600. The number of amides is 1. The highest BCUT2D eigenvalue weighted by Gasteiger charge is 2.53. The van der Waals surface area contributed by atoms with Gasteiger partial charge in [-0.05, 0) is 0 Å². The van der Waals surface area contributed by atoms with Crippen molar-refractivity contribution in [1.82, 2.24) is 4.90 Å². The first-order valence-electron chi connectivity index (χ1n) is 4.80. The molecular weight excluding hydrogens is 198 g/mol. The minimum atomic E-state index is -0.966. The second-order valence-corrected chi connectivity index (χ2v) is 4.07. The summed E-state index contributed by atoms with van der Waals surface area (Å²) in [6.45, 7) is 0. The highest BCUT2D eigenvalue weighted by molar-refractivity contribution is 5.87. The predicted octanol–water partition coefficient (Wildman–Crippen LogP) is -0.271. The molecule has 2 rings (SSSR count). The molecule has 0 unspecified atom stereocenters. The van der Waals surface area contributed by atoms with Gasteiger partial charge in [-0.15, -0.1) is 0 Å². The summed E-state index contributed by atoms with van der Waals surface area (Å²) in [4.78, 5) is 24.3. The standard InChI is InChI=1S/C10H13NO4/c1-11(2)9(12)7-5-3-4-6(15-5)8(7)10(13)14/h3-8H,1-2H3,(H,13,14)/t5-,6-,7-,8+/m1/s1. The molecule has 0 saturated carbocycles. The van der Waals surface area contributed by atoms with Gasteiger partial charge < -0.3 is 14.7 Å². The zero-order chi connectivity index (χ0) is 11.2. The average Bonchev–Trinajstić information content (AvgIpc) is 2.74. The smallest absolute Gasteiger partial charge is 0.310 e. The third-order valence-corrected chi connectivity index (χ3v) is 2.91. The van der Waals surface area contributed by atoms with Crippen LogP contribution in [-0.2, 0) is 14.3 Å². The van der Waals surface area contributed by atoms with Crippen LogP contribution in [0, 0.1) is 11.8 Å². The van der Waals surface area contributed by atoms with Crippen LogP contribution in [0.5, 0.6) is 0 Å². The molecule has 4 atom stereocenters. The quantitative estimate of drug-likeness (QED) is 0.638. The fourth-order valence-corrected chi connectivity index (χ4v) is 2.19. The van der Waals surface area contributed by atoms with E-state index in [1.165, 1.54) is 4.90 Å². The van der Waals surface area contributed by atoms with Crippen LogP contribution in [0.1, 0.15) is 0 Å². The molecule has 15 heavy (non-hydrogen) atoms. The number of rotatable bonds is 2. The predicted molar refractivity (Wildman–Crippen MR) is 51.1 cm³/mol. The maximum atomic E-state index is 11.8. The van der Waals surface area contributed by atoms with Crippen LogP contribution in [0.25, 0.3) is 0 Å². The molecule has 1 amide bonds. The van der Waals surface area contributed by atoms with Crippen molar-refractivity contribution in [3.05, 3.63) is 12.2 Å². The van der Waals surface area contributed by atoms with Crippen molar-refractivity contribution in [2.45, 2.75) is 12.2 Å². The Morgan fingerprint density at radius 2 is 1.73 bits per heavy atom. The van der Waals surface area contributed by atoms with Gasteiger partial charge in [0.1, 0.15) is 5.92 Å². The second kappa shape index (κ2) is 3.34. The van der Waals surface area contributed by atoms with Crippen molar-refractivity contribution >= 4 is 11.9 Å². The lowest BCUT2D eigenvalue weighted by atomic mass is 9.82. The summed E-state index contributed by atoms with van der Waals surface area (Å²) >= 11 is 0. The van der Waals surface area contributed by atoms with Crippen molar-refractivity contribution in [3.63, 3.8) is 0 Å². The number of ether oxygens (including phenoxy) is 1. The number of aliphatic carboxylic acids is 1. The molecule has 2 aliphatic rings. The summed E-state index contributed by atoms with van der Waals surface area (Å²) < 4.78 is 5.39. The summed E-state index contributed by atoms with van der Waals surface area (Å²) in [5.41, 5.74) is 0. The van der Waals surface area contributed by atoms with Crippen LogP contribution in [-0.4, -0.2) is 48.2 Å². The summed E-state index contributed by atoms with van der Waals surface area (Å²) in [7, 11) is 3.24. The molecule has 0 aliphatic carbocycles. The van der Waals surface area contributed by atoms with Gasteiger partial charge in [0.2, 0.25) is 5.91 Å². The topological polar surface area (TPSA) is 66.8 Å². The molecular formula is C10H13NO4. The first-order valence-corrected chi connectivity index (χ1v) is 4.80. The summed E-state index contributed by atoms with van der Waals surface area (Å²) in [5.74, 6) is -2.46. The number of hydrogen-bond acceptors (Lipinski definition) is 3. The summed E-state index contributed by atoms with van der Waals surface area (Å²) in [6.07, 6.45) is 2.69. The molecule has 1 N–H and O–H groups in total. The van der Waals surface area contributed by atoms with E-state index in [0.29, 0.717) is 0 Å². The zero-order valence-electron chi connectivity index (χ0n) is 8.58. The summed E-state index contributed by atoms with van der Waals surface area (Å²) in [5, 5.41) is 9.05. The largest absolute Gasteiger partial charge is 0.481 e. The Morgan fingerprint density at radius 3 is 2.20 bits per heavy atom. The molecule has 0 aromatic heterocycles. The van der Waals surface area contributed by atoms with E-state index in [1.54, 1.807) is 26.2 Å². The fourth-order valence-electron chi connectivity index (χ4n) is 2.19. The third-order valence-electron chi connectivity index (χ3n) is 2.91. The lowest BCUT2D eigenvalue weighted by Gasteiger charge is -2.23. The van der Waals surface area contributed by atoms with Gasteiger partial charge in [-0.3, -0.25) is 9.59 Å². The molecule has 2 bridgehead atoms. The van der Waals surface area contributed by atoms with Crippen LogP contribution < -0.4 is 0 Å². The maximum absolute atomic E-state index is 11.8. The third kappa shape index (κ3) is 1.43. The monoisotopic (exact) mass is 211 g/mol. The van der Waals surface area contributed by atoms with E-state index in [2.05, 4.69) is 0 Å². The normalized spacial score (nSPS) is 36.9. The van der Waals surface area contributed by atoms with Gasteiger partial charge in [0, 0.05) is 14.1 Å². The molecule has 0 spiro atoms. The number of hydrogen-bond donors (Lipinski definition) is 1. The molecule has 82 valence electrons. The molecule has 0 radical (unpaired) electrons. The number of carboxylic acids is 1. The van der Waals surface area contributed by atoms with Crippen molar-refractivity contribution < 1.29 is 19.4 Å². The van der Waals surface area contributed by atoms with E-state index >= 15 is 0 Å². The Morgan fingerprint density at radius 1 is 1.20 bits per heavy atom. The molecule has 2 aliphatic heterocycles. The van der Waals surface area contributed by atoms with E-state index < -0.39 is 23.9 Å². The van der Waals surface area contributed by atoms with E-state index in [1.807, 2.05) is 0 Å². The van der Waals surface area contributed by atoms with Crippen LogP contribution in [0.15, 0.2) is 12.2 Å². The average molecular weight is 211 g/mol. The van der Waals surface area contributed by atoms with Crippen molar-refractivity contribution in [2.24, 2.45) is 11.8 Å². The van der Waals surface area contributed by atoms with Crippen molar-refractivity contribution in [1.29, 1.82) is 0 Å². The van der Waals surface area contributed by atoms with Crippen LogP contribution in [0.4, 0.5) is 0 Å². The van der Waals surface area contributed by atoms with E-state index in [-0.39, 0.29) is 12.0 Å².